The smallest absolute Gasteiger partial charge is 0.212 e. The van der Waals surface area contributed by atoms with Crippen LogP contribution < -0.4 is 0 Å². The Kier molecular flexibility index (Phi) is 6.34. The first kappa shape index (κ1) is 23.2. The van der Waals surface area contributed by atoms with Gasteiger partial charge in [0.15, 0.2) is 0 Å². The molecule has 0 radical (unpaired) electrons. The molecule has 1 N–H and O–H groups in total. The number of hydrogen-bond acceptors (Lipinski definition) is 4. The van der Waals surface area contributed by atoms with E-state index in [4.69, 9.17) is 33.3 Å². The fourth-order valence-electron chi connectivity index (χ4n) is 3.95. The maximum Gasteiger partial charge on any atom is 0.212 e. The van der Waals surface area contributed by atoms with Crippen LogP contribution in [0.4, 0.5) is 0 Å². The standard InChI is InChI=1S/C26H22Cl2N4S2/c1-5-22-23(17-7-6-16-10-11-29-21(16)13-17)15(4)31-32(22)26-30-24(25(34-26)33-14(2)3)18-8-9-19(27)20(28)12-18/h5-14,29H,1H2,2-4H3. The van der Waals surface area contributed by atoms with Crippen LogP contribution in [0.5, 0.6) is 0 Å². The maximum atomic E-state index is 6.32. The van der Waals surface area contributed by atoms with E-state index in [1.807, 2.05) is 42.1 Å². The summed E-state index contributed by atoms with van der Waals surface area (Å²) in [6, 6.07) is 14.1. The number of thioether (sulfide) groups is 1. The normalized spacial score (nSPS) is 11.6. The predicted molar refractivity (Wildman–Crippen MR) is 148 cm³/mol. The van der Waals surface area contributed by atoms with Crippen molar-refractivity contribution in [3.05, 3.63) is 76.7 Å². The third-order valence-corrected chi connectivity index (χ3v) is 8.42. The molecule has 0 aliphatic carbocycles. The van der Waals surface area contributed by atoms with Crippen molar-refractivity contribution in [3.8, 4) is 27.5 Å². The molecule has 2 aromatic carbocycles. The number of aryl methyl sites for hydroxylation is 1. The molecule has 0 spiro atoms. The van der Waals surface area contributed by atoms with Gasteiger partial charge in [-0.05, 0) is 48.2 Å². The summed E-state index contributed by atoms with van der Waals surface area (Å²) in [4.78, 5) is 8.31. The average molecular weight is 526 g/mol. The average Bonchev–Trinajstić information content (AvgIpc) is 3.51. The van der Waals surface area contributed by atoms with E-state index < -0.39 is 0 Å². The Bertz CT molecular complexity index is 1530. The van der Waals surface area contributed by atoms with Gasteiger partial charge in [0.2, 0.25) is 5.13 Å². The van der Waals surface area contributed by atoms with Crippen LogP contribution in [0.2, 0.25) is 10.0 Å². The summed E-state index contributed by atoms with van der Waals surface area (Å²) >= 11 is 15.9. The van der Waals surface area contributed by atoms with Gasteiger partial charge < -0.3 is 4.98 Å². The topological polar surface area (TPSA) is 46.5 Å². The highest BCUT2D eigenvalue weighted by Gasteiger charge is 2.22. The first-order chi connectivity index (χ1) is 16.4. The molecule has 4 nitrogen and oxygen atoms in total. The Morgan fingerprint density at radius 1 is 1.09 bits per heavy atom. The van der Waals surface area contributed by atoms with Crippen LogP contribution in [0.15, 0.2) is 59.4 Å². The second-order valence-electron chi connectivity index (χ2n) is 8.17. The zero-order valence-electron chi connectivity index (χ0n) is 18.9. The Morgan fingerprint density at radius 2 is 1.88 bits per heavy atom. The summed E-state index contributed by atoms with van der Waals surface area (Å²) in [5.74, 6) is 0. The van der Waals surface area contributed by atoms with E-state index in [0.717, 1.165) is 48.6 Å². The molecule has 172 valence electrons. The highest BCUT2D eigenvalue weighted by Crippen LogP contribution is 2.42. The molecule has 0 bridgehead atoms. The number of fused-ring (bicyclic) bond motifs is 1. The molecule has 5 rings (SSSR count). The van der Waals surface area contributed by atoms with Gasteiger partial charge in [-0.25, -0.2) is 9.67 Å². The van der Waals surface area contributed by atoms with Gasteiger partial charge in [-0.2, -0.15) is 5.10 Å². The van der Waals surface area contributed by atoms with Gasteiger partial charge >= 0.3 is 0 Å². The molecular weight excluding hydrogens is 503 g/mol. The zero-order valence-corrected chi connectivity index (χ0v) is 22.0. The zero-order chi connectivity index (χ0) is 24.0. The quantitative estimate of drug-likeness (QED) is 0.225. The van der Waals surface area contributed by atoms with E-state index in [-0.39, 0.29) is 0 Å². The van der Waals surface area contributed by atoms with Crippen molar-refractivity contribution in [1.82, 2.24) is 19.7 Å². The fourth-order valence-corrected chi connectivity index (χ4v) is 6.73. The molecule has 0 amide bonds. The number of hydrogen-bond donors (Lipinski definition) is 1. The largest absolute Gasteiger partial charge is 0.361 e. The van der Waals surface area contributed by atoms with Crippen molar-refractivity contribution >= 4 is 63.3 Å². The number of H-pyrrole nitrogens is 1. The van der Waals surface area contributed by atoms with E-state index in [0.29, 0.717) is 15.3 Å². The number of nitrogens with one attached hydrogen (secondary N) is 1. The summed E-state index contributed by atoms with van der Waals surface area (Å²) in [5.41, 5.74) is 6.88. The van der Waals surface area contributed by atoms with Crippen LogP contribution in [0.1, 0.15) is 25.2 Å². The lowest BCUT2D eigenvalue weighted by Crippen LogP contribution is -1.98. The van der Waals surface area contributed by atoms with Gasteiger partial charge in [-0.1, -0.05) is 73.2 Å². The molecule has 34 heavy (non-hydrogen) atoms. The van der Waals surface area contributed by atoms with E-state index in [2.05, 4.69) is 49.7 Å². The molecule has 0 unspecified atom stereocenters. The minimum absolute atomic E-state index is 0.399. The molecule has 0 aliphatic heterocycles. The number of aromatic amines is 1. The van der Waals surface area contributed by atoms with Crippen molar-refractivity contribution in [1.29, 1.82) is 0 Å². The molecule has 0 aliphatic rings. The van der Waals surface area contributed by atoms with Crippen LogP contribution >= 0.6 is 46.3 Å². The Hall–Kier alpha value is -2.51. The van der Waals surface area contributed by atoms with Crippen LogP contribution in [-0.2, 0) is 0 Å². The van der Waals surface area contributed by atoms with Crippen LogP contribution in [0.25, 0.3) is 44.5 Å². The molecule has 0 saturated carbocycles. The molecule has 3 heterocycles. The second kappa shape index (κ2) is 9.27. The third kappa shape index (κ3) is 4.20. The molecule has 0 saturated heterocycles. The molecule has 8 heteroatoms. The van der Waals surface area contributed by atoms with E-state index >= 15 is 0 Å². The van der Waals surface area contributed by atoms with Gasteiger partial charge in [-0.15, -0.1) is 11.8 Å². The van der Waals surface area contributed by atoms with Gasteiger partial charge in [0.05, 0.1) is 31.3 Å². The summed E-state index contributed by atoms with van der Waals surface area (Å²) in [7, 11) is 0. The van der Waals surface area contributed by atoms with Crippen LogP contribution in [-0.4, -0.2) is 25.0 Å². The van der Waals surface area contributed by atoms with Crippen LogP contribution in [0.3, 0.4) is 0 Å². The Balaban J connectivity index is 1.66. The summed E-state index contributed by atoms with van der Waals surface area (Å²) in [6.45, 7) is 10.5. The SMILES string of the molecule is C=Cc1c(-c2ccc3cc[nH]c3c2)c(C)nn1-c1nc(-c2ccc(Cl)c(Cl)c2)c(SC(C)C)s1. The van der Waals surface area contributed by atoms with Crippen molar-refractivity contribution in [2.24, 2.45) is 0 Å². The van der Waals surface area contributed by atoms with E-state index in [1.54, 1.807) is 23.1 Å². The number of thiazole rings is 1. The molecule has 5 aromatic rings. The first-order valence-corrected chi connectivity index (χ1v) is 13.2. The maximum absolute atomic E-state index is 6.32. The summed E-state index contributed by atoms with van der Waals surface area (Å²) in [6.07, 6.45) is 3.80. The minimum Gasteiger partial charge on any atom is -0.361 e. The van der Waals surface area contributed by atoms with Crippen molar-refractivity contribution in [2.45, 2.75) is 30.2 Å². The lowest BCUT2D eigenvalue weighted by Gasteiger charge is -2.05. The number of aromatic nitrogens is 4. The van der Waals surface area contributed by atoms with Crippen LogP contribution in [0, 0.1) is 6.92 Å². The van der Waals surface area contributed by atoms with Crippen molar-refractivity contribution < 1.29 is 0 Å². The van der Waals surface area contributed by atoms with Crippen molar-refractivity contribution in [3.63, 3.8) is 0 Å². The second-order valence-corrected chi connectivity index (χ2v) is 11.8. The number of halogens is 2. The summed E-state index contributed by atoms with van der Waals surface area (Å²) < 4.78 is 3.01. The molecule has 3 aromatic heterocycles. The first-order valence-electron chi connectivity index (χ1n) is 10.8. The number of nitrogens with zero attached hydrogens (tertiary/aromatic N) is 3. The minimum atomic E-state index is 0.399. The van der Waals surface area contributed by atoms with E-state index in [1.165, 1.54) is 5.39 Å². The highest BCUT2D eigenvalue weighted by atomic mass is 35.5. The third-order valence-electron chi connectivity index (χ3n) is 5.43. The monoisotopic (exact) mass is 524 g/mol. The van der Waals surface area contributed by atoms with E-state index in [9.17, 15) is 0 Å². The fraction of sp³-hybridized carbons (Fsp3) is 0.154. The highest BCUT2D eigenvalue weighted by molar-refractivity contribution is 8.01. The summed E-state index contributed by atoms with van der Waals surface area (Å²) in [5, 5.41) is 8.28. The molecule has 0 fully saturated rings. The van der Waals surface area contributed by atoms with Crippen molar-refractivity contribution in [2.75, 3.05) is 0 Å². The van der Waals surface area contributed by atoms with Gasteiger partial charge in [0, 0.05) is 28.1 Å². The Labute approximate surface area is 216 Å². The predicted octanol–water partition coefficient (Wildman–Crippen LogP) is 8.90. The van der Waals surface area contributed by atoms with Gasteiger partial charge in [0.25, 0.3) is 0 Å². The Morgan fingerprint density at radius 3 is 2.62 bits per heavy atom. The number of rotatable bonds is 6. The lowest BCUT2D eigenvalue weighted by molar-refractivity contribution is 0.846. The van der Waals surface area contributed by atoms with Gasteiger partial charge in [0.1, 0.15) is 0 Å². The van der Waals surface area contributed by atoms with Gasteiger partial charge in [-0.3, -0.25) is 0 Å². The lowest BCUT2D eigenvalue weighted by atomic mass is 10.0. The molecule has 0 atom stereocenters. The number of benzene rings is 2. The molecular formula is C26H22Cl2N4S2.